The Hall–Kier alpha value is -2.32. The summed E-state index contributed by atoms with van der Waals surface area (Å²) in [5, 5.41) is 10.9. The van der Waals surface area contributed by atoms with Gasteiger partial charge >= 0.3 is 0 Å². The molecule has 1 N–H and O–H groups in total. The smallest absolute Gasteiger partial charge is 0.222 e. The predicted octanol–water partition coefficient (Wildman–Crippen LogP) is 2.34. The molecule has 0 aliphatic carbocycles. The van der Waals surface area contributed by atoms with E-state index in [1.165, 1.54) is 6.92 Å². The lowest BCUT2D eigenvalue weighted by molar-refractivity contribution is -0.114. The molecular weight excluding hydrogens is 314 g/mol. The summed E-state index contributed by atoms with van der Waals surface area (Å²) in [6.07, 6.45) is 4.46. The van der Waals surface area contributed by atoms with Gasteiger partial charge in [0.2, 0.25) is 11.0 Å². The van der Waals surface area contributed by atoms with Gasteiger partial charge in [-0.25, -0.2) is 14.6 Å². The second-order valence-electron chi connectivity index (χ2n) is 5.48. The number of amides is 1. The number of aromatic nitrogens is 4. The maximum Gasteiger partial charge on any atom is 0.222 e. The number of rotatable bonds is 3. The van der Waals surface area contributed by atoms with Crippen molar-refractivity contribution in [2.24, 2.45) is 0 Å². The zero-order chi connectivity index (χ0) is 15.8. The molecule has 23 heavy (non-hydrogen) atoms. The van der Waals surface area contributed by atoms with Crippen LogP contribution in [0.25, 0.3) is 16.0 Å². The Kier molecular flexibility index (Phi) is 3.55. The quantitative estimate of drug-likeness (QED) is 0.797. The molecule has 1 unspecified atom stereocenters. The van der Waals surface area contributed by atoms with E-state index in [0.717, 1.165) is 41.4 Å². The number of ether oxygens (including phenoxy) is 1. The highest BCUT2D eigenvalue weighted by Gasteiger charge is 2.21. The maximum absolute atomic E-state index is 11.2. The van der Waals surface area contributed by atoms with E-state index in [1.54, 1.807) is 28.4 Å². The molecule has 1 saturated heterocycles. The second kappa shape index (κ2) is 5.71. The minimum absolute atomic E-state index is 0.152. The molecule has 1 aliphatic rings. The summed E-state index contributed by atoms with van der Waals surface area (Å²) in [5.41, 5.74) is 1.93. The van der Waals surface area contributed by atoms with Crippen molar-refractivity contribution in [3.63, 3.8) is 0 Å². The summed E-state index contributed by atoms with van der Waals surface area (Å²) in [6.45, 7) is 2.99. The third-order valence-electron chi connectivity index (χ3n) is 3.80. The van der Waals surface area contributed by atoms with E-state index in [4.69, 9.17) is 9.72 Å². The fourth-order valence-electron chi connectivity index (χ4n) is 2.65. The minimum atomic E-state index is -0.152. The van der Waals surface area contributed by atoms with Crippen molar-refractivity contribution in [3.05, 3.63) is 29.5 Å². The van der Waals surface area contributed by atoms with Crippen molar-refractivity contribution in [1.29, 1.82) is 0 Å². The molecule has 0 aromatic carbocycles. The predicted molar refractivity (Wildman–Crippen MR) is 87.0 cm³/mol. The molecule has 1 atom stereocenters. The van der Waals surface area contributed by atoms with Crippen LogP contribution < -0.4 is 5.32 Å². The van der Waals surface area contributed by atoms with Crippen molar-refractivity contribution in [2.75, 3.05) is 18.5 Å². The third-order valence-corrected chi connectivity index (χ3v) is 4.63. The van der Waals surface area contributed by atoms with E-state index >= 15 is 0 Å². The topological polar surface area (TPSA) is 81.9 Å². The van der Waals surface area contributed by atoms with Crippen molar-refractivity contribution >= 4 is 34.0 Å². The first-order chi connectivity index (χ1) is 11.2. The first kappa shape index (κ1) is 14.3. The average molecular weight is 329 g/mol. The van der Waals surface area contributed by atoms with Gasteiger partial charge in [0.05, 0.1) is 24.0 Å². The molecule has 4 heterocycles. The fourth-order valence-corrected chi connectivity index (χ4v) is 3.53. The molecule has 0 saturated carbocycles. The number of hydrogen-bond acceptors (Lipinski definition) is 6. The van der Waals surface area contributed by atoms with Crippen molar-refractivity contribution in [2.45, 2.75) is 19.3 Å². The van der Waals surface area contributed by atoms with Gasteiger partial charge in [0.25, 0.3) is 0 Å². The average Bonchev–Trinajstić information content (AvgIpc) is 3.25. The summed E-state index contributed by atoms with van der Waals surface area (Å²) >= 11 is 1.55. The lowest BCUT2D eigenvalue weighted by atomic mass is 10.1. The van der Waals surface area contributed by atoms with Gasteiger partial charge in [0.15, 0.2) is 0 Å². The number of carbonyl (C=O) groups excluding carboxylic acids is 1. The Bertz CT molecular complexity index is 866. The molecule has 0 radical (unpaired) electrons. The number of thiazole rings is 1. The van der Waals surface area contributed by atoms with E-state index in [0.29, 0.717) is 11.7 Å². The molecule has 1 fully saturated rings. The standard InChI is InChI=1S/C15H15N5O2S/c1-9(21)18-14-4-13-11(5-16-14)6-17-20(13)15-19-12(8-23-15)10-2-3-22-7-10/h4-6,8,10H,2-3,7H2,1H3,(H,16,18,21). The summed E-state index contributed by atoms with van der Waals surface area (Å²) in [4.78, 5) is 20.1. The van der Waals surface area contributed by atoms with Gasteiger partial charge in [-0.15, -0.1) is 11.3 Å². The zero-order valence-electron chi connectivity index (χ0n) is 12.5. The lowest BCUT2D eigenvalue weighted by Crippen LogP contribution is -2.07. The largest absolute Gasteiger partial charge is 0.381 e. The number of anilines is 1. The Morgan fingerprint density at radius 2 is 2.39 bits per heavy atom. The monoisotopic (exact) mass is 329 g/mol. The zero-order valence-corrected chi connectivity index (χ0v) is 13.3. The molecule has 118 valence electrons. The van der Waals surface area contributed by atoms with Crippen molar-refractivity contribution < 1.29 is 9.53 Å². The molecule has 0 spiro atoms. The van der Waals surface area contributed by atoms with Gasteiger partial charge < -0.3 is 10.1 Å². The lowest BCUT2D eigenvalue weighted by Gasteiger charge is -2.03. The van der Waals surface area contributed by atoms with Crippen LogP contribution in [-0.2, 0) is 9.53 Å². The first-order valence-corrected chi connectivity index (χ1v) is 8.23. The van der Waals surface area contributed by atoms with Gasteiger partial charge in [0, 0.05) is 42.5 Å². The highest BCUT2D eigenvalue weighted by Crippen LogP contribution is 2.29. The number of nitrogens with one attached hydrogen (secondary N) is 1. The van der Waals surface area contributed by atoms with Gasteiger partial charge in [0.1, 0.15) is 5.82 Å². The highest BCUT2D eigenvalue weighted by molar-refractivity contribution is 7.12. The van der Waals surface area contributed by atoms with Crippen LogP contribution in [0, 0.1) is 0 Å². The van der Waals surface area contributed by atoms with Crippen LogP contribution in [0.4, 0.5) is 5.82 Å². The van der Waals surface area contributed by atoms with Crippen molar-refractivity contribution in [1.82, 2.24) is 19.7 Å². The molecule has 1 aliphatic heterocycles. The first-order valence-electron chi connectivity index (χ1n) is 7.35. The number of nitrogens with zero attached hydrogens (tertiary/aromatic N) is 4. The molecule has 7 nitrogen and oxygen atoms in total. The Labute approximate surface area is 136 Å². The number of carbonyl (C=O) groups is 1. The Morgan fingerprint density at radius 3 is 3.17 bits per heavy atom. The third kappa shape index (κ3) is 2.71. The van der Waals surface area contributed by atoms with Crippen molar-refractivity contribution in [3.8, 4) is 5.13 Å². The van der Waals surface area contributed by atoms with E-state index in [1.807, 2.05) is 6.07 Å². The highest BCUT2D eigenvalue weighted by atomic mass is 32.1. The molecule has 0 bridgehead atoms. The van der Waals surface area contributed by atoms with Gasteiger partial charge in [-0.1, -0.05) is 0 Å². The Morgan fingerprint density at radius 1 is 1.48 bits per heavy atom. The van der Waals surface area contributed by atoms with Crippen LogP contribution in [-0.4, -0.2) is 38.9 Å². The summed E-state index contributed by atoms with van der Waals surface area (Å²) < 4.78 is 7.21. The van der Waals surface area contributed by atoms with E-state index in [-0.39, 0.29) is 5.91 Å². The molecule has 4 rings (SSSR count). The second-order valence-corrected chi connectivity index (χ2v) is 6.32. The van der Waals surface area contributed by atoms with Crippen LogP contribution >= 0.6 is 11.3 Å². The van der Waals surface area contributed by atoms with Gasteiger partial charge in [-0.3, -0.25) is 4.79 Å². The Balaban J connectivity index is 1.71. The van der Waals surface area contributed by atoms with Crippen LogP contribution in [0.1, 0.15) is 25.0 Å². The van der Waals surface area contributed by atoms with Gasteiger partial charge in [-0.2, -0.15) is 5.10 Å². The maximum atomic E-state index is 11.2. The molecule has 3 aromatic rings. The van der Waals surface area contributed by atoms with Crippen LogP contribution in [0.15, 0.2) is 23.8 Å². The normalized spacial score (nSPS) is 17.7. The minimum Gasteiger partial charge on any atom is -0.381 e. The van der Waals surface area contributed by atoms with Crippen LogP contribution in [0.2, 0.25) is 0 Å². The van der Waals surface area contributed by atoms with Gasteiger partial charge in [-0.05, 0) is 6.42 Å². The molecule has 3 aromatic heterocycles. The van der Waals surface area contributed by atoms with Crippen LogP contribution in [0.3, 0.4) is 0 Å². The van der Waals surface area contributed by atoms with Crippen LogP contribution in [0.5, 0.6) is 0 Å². The summed E-state index contributed by atoms with van der Waals surface area (Å²) in [7, 11) is 0. The summed E-state index contributed by atoms with van der Waals surface area (Å²) in [5.74, 6) is 0.729. The molecule has 8 heteroatoms. The van der Waals surface area contributed by atoms with E-state index in [2.05, 4.69) is 20.8 Å². The number of hydrogen-bond donors (Lipinski definition) is 1. The number of fused-ring (bicyclic) bond motifs is 1. The number of pyridine rings is 1. The van der Waals surface area contributed by atoms with E-state index < -0.39 is 0 Å². The SMILES string of the molecule is CC(=O)Nc1cc2c(cn1)cnn2-c1nc(C2CCOC2)cs1. The summed E-state index contributed by atoms with van der Waals surface area (Å²) in [6, 6.07) is 1.81. The molecular formula is C15H15N5O2S. The van der Waals surface area contributed by atoms with E-state index in [9.17, 15) is 4.79 Å². The fraction of sp³-hybridized carbons (Fsp3) is 0.333. The molecule has 1 amide bonds.